The molecular weight excluding hydrogens is 204 g/mol. The van der Waals surface area contributed by atoms with E-state index in [0.29, 0.717) is 12.3 Å². The van der Waals surface area contributed by atoms with Crippen molar-refractivity contribution in [2.75, 3.05) is 6.61 Å². The molecule has 6 nitrogen and oxygen atoms in total. The van der Waals surface area contributed by atoms with Gasteiger partial charge in [-0.2, -0.15) is 5.10 Å². The van der Waals surface area contributed by atoms with Crippen molar-refractivity contribution in [2.45, 2.75) is 20.3 Å². The molecular formula is C7H14N4O2S. The number of nitrogens with zero attached hydrogens (tertiary/aromatic N) is 1. The molecule has 0 amide bonds. The summed E-state index contributed by atoms with van der Waals surface area (Å²) in [7, 11) is 0. The third kappa shape index (κ3) is 6.32. The Bertz CT molecular complexity index is 242. The highest BCUT2D eigenvalue weighted by molar-refractivity contribution is 7.80. The smallest absolute Gasteiger partial charge is 0.311 e. The van der Waals surface area contributed by atoms with Crippen molar-refractivity contribution in [3.8, 4) is 0 Å². The second-order valence-corrected chi connectivity index (χ2v) is 2.82. The zero-order chi connectivity index (χ0) is 11.0. The standard InChI is InChI=1S/C7H14N4O2S/c1-3-13-6(12)4-5(2)10-11-7(14)9-8/h3-4,8H2,1-2H3,(H2,9,11,14)/b10-5+. The van der Waals surface area contributed by atoms with E-state index < -0.39 is 0 Å². The lowest BCUT2D eigenvalue weighted by Gasteiger charge is -2.03. The van der Waals surface area contributed by atoms with Crippen LogP contribution in [0.1, 0.15) is 20.3 Å². The third-order valence-electron chi connectivity index (χ3n) is 1.18. The Hall–Kier alpha value is -1.21. The van der Waals surface area contributed by atoms with Crippen LogP contribution in [0.5, 0.6) is 0 Å². The van der Waals surface area contributed by atoms with Crippen molar-refractivity contribution in [2.24, 2.45) is 10.9 Å². The van der Waals surface area contributed by atoms with Gasteiger partial charge in [0.15, 0.2) is 0 Å². The molecule has 0 spiro atoms. The second kappa shape index (κ2) is 7.22. The first kappa shape index (κ1) is 12.8. The molecule has 0 saturated heterocycles. The number of hydrazone groups is 1. The molecule has 0 aliphatic heterocycles. The molecule has 4 N–H and O–H groups in total. The van der Waals surface area contributed by atoms with Gasteiger partial charge in [0.2, 0.25) is 5.11 Å². The number of carbonyl (C=O) groups excluding carboxylic acids is 1. The summed E-state index contributed by atoms with van der Waals surface area (Å²) in [6, 6.07) is 0. The Morgan fingerprint density at radius 2 is 2.29 bits per heavy atom. The summed E-state index contributed by atoms with van der Waals surface area (Å²) in [6.45, 7) is 3.79. The number of hydrogen-bond donors (Lipinski definition) is 3. The van der Waals surface area contributed by atoms with Crippen LogP contribution in [-0.2, 0) is 9.53 Å². The van der Waals surface area contributed by atoms with E-state index in [-0.39, 0.29) is 17.5 Å². The summed E-state index contributed by atoms with van der Waals surface area (Å²) in [5.41, 5.74) is 5.22. The van der Waals surface area contributed by atoms with Gasteiger partial charge in [0.05, 0.1) is 13.0 Å². The third-order valence-corrected chi connectivity index (χ3v) is 1.39. The molecule has 0 aromatic rings. The number of nitrogens with two attached hydrogens (primary N) is 1. The van der Waals surface area contributed by atoms with Gasteiger partial charge in [-0.3, -0.25) is 15.6 Å². The number of thiocarbonyl (C=S) groups is 1. The van der Waals surface area contributed by atoms with E-state index in [2.05, 4.69) is 28.2 Å². The Morgan fingerprint density at radius 1 is 1.64 bits per heavy atom. The van der Waals surface area contributed by atoms with Gasteiger partial charge in [0.1, 0.15) is 0 Å². The van der Waals surface area contributed by atoms with E-state index in [1.165, 1.54) is 0 Å². The molecule has 80 valence electrons. The maximum absolute atomic E-state index is 11.0. The van der Waals surface area contributed by atoms with Gasteiger partial charge in [-0.05, 0) is 26.1 Å². The van der Waals surface area contributed by atoms with Crippen LogP contribution in [0.4, 0.5) is 0 Å². The topological polar surface area (TPSA) is 88.7 Å². The van der Waals surface area contributed by atoms with Crippen molar-refractivity contribution in [1.82, 2.24) is 10.9 Å². The van der Waals surface area contributed by atoms with Crippen molar-refractivity contribution < 1.29 is 9.53 Å². The van der Waals surface area contributed by atoms with Crippen LogP contribution in [0.15, 0.2) is 5.10 Å². The van der Waals surface area contributed by atoms with Gasteiger partial charge in [-0.15, -0.1) is 0 Å². The molecule has 0 unspecified atom stereocenters. The molecule has 0 saturated carbocycles. The van der Waals surface area contributed by atoms with Crippen LogP contribution in [-0.4, -0.2) is 23.4 Å². The number of ether oxygens (including phenoxy) is 1. The summed E-state index contributed by atoms with van der Waals surface area (Å²) < 4.78 is 4.72. The molecule has 0 aliphatic carbocycles. The lowest BCUT2D eigenvalue weighted by atomic mass is 10.3. The second-order valence-electron chi connectivity index (χ2n) is 2.41. The van der Waals surface area contributed by atoms with Gasteiger partial charge in [-0.25, -0.2) is 5.84 Å². The molecule has 0 rings (SSSR count). The Kier molecular flexibility index (Phi) is 6.59. The van der Waals surface area contributed by atoms with Crippen molar-refractivity contribution in [3.63, 3.8) is 0 Å². The molecule has 0 aliphatic rings. The number of hydrazine groups is 1. The summed E-state index contributed by atoms with van der Waals surface area (Å²) in [5.74, 6) is 4.68. The van der Waals surface area contributed by atoms with E-state index in [1.54, 1.807) is 13.8 Å². The average molecular weight is 218 g/mol. The van der Waals surface area contributed by atoms with Crippen molar-refractivity contribution >= 4 is 29.0 Å². The Labute approximate surface area is 87.8 Å². The zero-order valence-corrected chi connectivity index (χ0v) is 8.98. The number of carbonyl (C=O) groups is 1. The highest BCUT2D eigenvalue weighted by Gasteiger charge is 2.03. The first-order chi connectivity index (χ1) is 6.60. The maximum Gasteiger partial charge on any atom is 0.311 e. The predicted molar refractivity (Wildman–Crippen MR) is 57.4 cm³/mol. The van der Waals surface area contributed by atoms with Crippen LogP contribution in [0.2, 0.25) is 0 Å². The van der Waals surface area contributed by atoms with Crippen molar-refractivity contribution in [1.29, 1.82) is 0 Å². The first-order valence-corrected chi connectivity index (χ1v) is 4.46. The SMILES string of the molecule is CCOC(=O)C/C(C)=N/NC(=S)NN. The van der Waals surface area contributed by atoms with Crippen LogP contribution in [0, 0.1) is 0 Å². The minimum atomic E-state index is -0.317. The molecule has 0 aromatic carbocycles. The predicted octanol–water partition coefficient (Wildman–Crippen LogP) is -0.347. The number of esters is 1. The molecule has 0 atom stereocenters. The van der Waals surface area contributed by atoms with Gasteiger partial charge < -0.3 is 4.74 Å². The molecule has 14 heavy (non-hydrogen) atoms. The van der Waals surface area contributed by atoms with Crippen molar-refractivity contribution in [3.05, 3.63) is 0 Å². The largest absolute Gasteiger partial charge is 0.466 e. The van der Waals surface area contributed by atoms with Gasteiger partial charge in [0, 0.05) is 5.71 Å². The van der Waals surface area contributed by atoms with Gasteiger partial charge >= 0.3 is 5.97 Å². The summed E-state index contributed by atoms with van der Waals surface area (Å²) in [4.78, 5) is 11.0. The summed E-state index contributed by atoms with van der Waals surface area (Å²) in [5, 5.41) is 3.99. The minimum Gasteiger partial charge on any atom is -0.466 e. The van der Waals surface area contributed by atoms with Gasteiger partial charge in [-0.1, -0.05) is 0 Å². The lowest BCUT2D eigenvalue weighted by molar-refractivity contribution is -0.141. The number of nitrogens with one attached hydrogen (secondary N) is 2. The highest BCUT2D eigenvalue weighted by Crippen LogP contribution is 1.89. The number of hydrogen-bond acceptors (Lipinski definition) is 5. The summed E-state index contributed by atoms with van der Waals surface area (Å²) >= 11 is 4.67. The molecule has 0 radical (unpaired) electrons. The van der Waals surface area contributed by atoms with E-state index in [4.69, 9.17) is 10.6 Å². The normalized spacial score (nSPS) is 10.6. The van der Waals surface area contributed by atoms with E-state index in [1.807, 2.05) is 0 Å². The fraction of sp³-hybridized carbons (Fsp3) is 0.571. The average Bonchev–Trinajstić information content (AvgIpc) is 2.14. The van der Waals surface area contributed by atoms with Gasteiger partial charge in [0.25, 0.3) is 0 Å². The number of rotatable bonds is 4. The lowest BCUT2D eigenvalue weighted by Crippen LogP contribution is -2.37. The van der Waals surface area contributed by atoms with Crippen LogP contribution < -0.4 is 16.7 Å². The molecule has 0 fully saturated rings. The maximum atomic E-state index is 11.0. The monoisotopic (exact) mass is 218 g/mol. The van der Waals surface area contributed by atoms with Crippen LogP contribution in [0.3, 0.4) is 0 Å². The minimum absolute atomic E-state index is 0.133. The highest BCUT2D eigenvalue weighted by atomic mass is 32.1. The van der Waals surface area contributed by atoms with E-state index in [0.717, 1.165) is 0 Å². The molecule has 0 bridgehead atoms. The van der Waals surface area contributed by atoms with E-state index >= 15 is 0 Å². The zero-order valence-electron chi connectivity index (χ0n) is 8.16. The fourth-order valence-electron chi connectivity index (χ4n) is 0.639. The first-order valence-electron chi connectivity index (χ1n) is 4.05. The summed E-state index contributed by atoms with van der Waals surface area (Å²) in [6.07, 6.45) is 0.133. The van der Waals surface area contributed by atoms with E-state index in [9.17, 15) is 4.79 Å². The molecule has 0 heterocycles. The Balaban J connectivity index is 3.88. The van der Waals surface area contributed by atoms with Crippen LogP contribution in [0.25, 0.3) is 0 Å². The quantitative estimate of drug-likeness (QED) is 0.196. The Morgan fingerprint density at radius 3 is 2.79 bits per heavy atom. The molecule has 7 heteroatoms. The molecule has 0 aromatic heterocycles. The fourth-order valence-corrected chi connectivity index (χ4v) is 0.685. The van der Waals surface area contributed by atoms with Crippen LogP contribution >= 0.6 is 12.2 Å².